The fourth-order valence-electron chi connectivity index (χ4n) is 1.59. The molecule has 0 atom stereocenters. The third-order valence-electron chi connectivity index (χ3n) is 2.57. The molecular formula is C13H16N4. The Labute approximate surface area is 101 Å². The van der Waals surface area contributed by atoms with Gasteiger partial charge in [-0.15, -0.1) is 0 Å². The molecule has 1 aromatic heterocycles. The largest absolute Gasteiger partial charge is 0.353 e. The molecule has 17 heavy (non-hydrogen) atoms. The van der Waals surface area contributed by atoms with Crippen molar-refractivity contribution in [1.82, 2.24) is 9.97 Å². The van der Waals surface area contributed by atoms with Gasteiger partial charge in [-0.2, -0.15) is 0 Å². The number of hydrogen-bond acceptors (Lipinski definition) is 4. The van der Waals surface area contributed by atoms with Crippen molar-refractivity contribution < 1.29 is 0 Å². The second kappa shape index (κ2) is 4.93. The second-order valence-electron chi connectivity index (χ2n) is 3.94. The van der Waals surface area contributed by atoms with Crippen LogP contribution in [0.2, 0.25) is 0 Å². The predicted octanol–water partition coefficient (Wildman–Crippen LogP) is 2.30. The van der Waals surface area contributed by atoms with Gasteiger partial charge in [-0.05, 0) is 31.5 Å². The lowest BCUT2D eigenvalue weighted by Crippen LogP contribution is -1.99. The maximum atomic E-state index is 5.55. The second-order valence-corrected chi connectivity index (χ2v) is 3.94. The molecule has 2 aromatic rings. The minimum atomic E-state index is 0.562. The molecule has 3 N–H and O–H groups in total. The lowest BCUT2D eigenvalue weighted by molar-refractivity contribution is 1.01. The molecule has 0 bridgehead atoms. The van der Waals surface area contributed by atoms with Crippen LogP contribution in [0, 0.1) is 13.8 Å². The van der Waals surface area contributed by atoms with Crippen molar-refractivity contribution in [2.45, 2.75) is 20.4 Å². The van der Waals surface area contributed by atoms with Crippen molar-refractivity contribution in [3.05, 3.63) is 47.5 Å². The van der Waals surface area contributed by atoms with Crippen molar-refractivity contribution in [2.24, 2.45) is 5.73 Å². The van der Waals surface area contributed by atoms with Gasteiger partial charge in [0.25, 0.3) is 0 Å². The predicted molar refractivity (Wildman–Crippen MR) is 69.1 cm³/mol. The number of nitrogens with two attached hydrogens (primary N) is 1. The molecule has 0 unspecified atom stereocenters. The summed E-state index contributed by atoms with van der Waals surface area (Å²) in [6.45, 7) is 4.41. The molecule has 0 radical (unpaired) electrons. The van der Waals surface area contributed by atoms with Crippen LogP contribution in [0.15, 0.2) is 30.5 Å². The van der Waals surface area contributed by atoms with Crippen LogP contribution in [0.1, 0.15) is 17.1 Å². The van der Waals surface area contributed by atoms with E-state index in [2.05, 4.69) is 15.3 Å². The normalized spacial score (nSPS) is 10.3. The number of nitrogens with one attached hydrogen (secondary N) is 1. The van der Waals surface area contributed by atoms with E-state index >= 15 is 0 Å². The molecule has 88 valence electrons. The van der Waals surface area contributed by atoms with Crippen LogP contribution < -0.4 is 11.1 Å². The van der Waals surface area contributed by atoms with E-state index in [0.717, 1.165) is 28.5 Å². The standard InChI is InChI=1S/C13H16N4/c1-9-13(8-15-10(2)16-9)17-12-5-3-11(7-14)4-6-12/h3-6,8,17H,7,14H2,1-2H3. The highest BCUT2D eigenvalue weighted by Gasteiger charge is 2.01. The smallest absolute Gasteiger partial charge is 0.125 e. The van der Waals surface area contributed by atoms with Crippen molar-refractivity contribution in [3.63, 3.8) is 0 Å². The van der Waals surface area contributed by atoms with Gasteiger partial charge in [-0.1, -0.05) is 12.1 Å². The van der Waals surface area contributed by atoms with E-state index in [1.54, 1.807) is 6.20 Å². The Balaban J connectivity index is 2.19. The summed E-state index contributed by atoms with van der Waals surface area (Å²) >= 11 is 0. The van der Waals surface area contributed by atoms with Crippen LogP contribution in [0.3, 0.4) is 0 Å². The molecule has 2 rings (SSSR count). The lowest BCUT2D eigenvalue weighted by Gasteiger charge is -2.09. The van der Waals surface area contributed by atoms with Crippen LogP contribution in [0.5, 0.6) is 0 Å². The Hall–Kier alpha value is -1.94. The molecule has 0 saturated heterocycles. The molecule has 0 aliphatic carbocycles. The Bertz CT molecular complexity index is 505. The van der Waals surface area contributed by atoms with E-state index in [1.807, 2.05) is 38.1 Å². The van der Waals surface area contributed by atoms with E-state index in [9.17, 15) is 0 Å². The number of aryl methyl sites for hydroxylation is 2. The Morgan fingerprint density at radius 2 is 1.88 bits per heavy atom. The molecular weight excluding hydrogens is 212 g/mol. The van der Waals surface area contributed by atoms with E-state index < -0.39 is 0 Å². The number of benzene rings is 1. The van der Waals surface area contributed by atoms with Crippen molar-refractivity contribution in [3.8, 4) is 0 Å². The van der Waals surface area contributed by atoms with Gasteiger partial charge in [-0.3, -0.25) is 0 Å². The highest BCUT2D eigenvalue weighted by Crippen LogP contribution is 2.18. The van der Waals surface area contributed by atoms with Gasteiger partial charge in [0.2, 0.25) is 0 Å². The first-order chi connectivity index (χ1) is 8.19. The fourth-order valence-corrected chi connectivity index (χ4v) is 1.59. The Morgan fingerprint density at radius 1 is 1.18 bits per heavy atom. The summed E-state index contributed by atoms with van der Waals surface area (Å²) in [5.74, 6) is 0.784. The summed E-state index contributed by atoms with van der Waals surface area (Å²) < 4.78 is 0. The van der Waals surface area contributed by atoms with Crippen molar-refractivity contribution in [2.75, 3.05) is 5.32 Å². The summed E-state index contributed by atoms with van der Waals surface area (Å²) in [5, 5.41) is 3.28. The monoisotopic (exact) mass is 228 g/mol. The summed E-state index contributed by atoms with van der Waals surface area (Å²) in [7, 11) is 0. The average Bonchev–Trinajstić information content (AvgIpc) is 2.34. The quantitative estimate of drug-likeness (QED) is 0.846. The number of nitrogens with zero attached hydrogens (tertiary/aromatic N) is 2. The zero-order valence-electron chi connectivity index (χ0n) is 10.1. The molecule has 0 spiro atoms. The molecule has 0 amide bonds. The maximum absolute atomic E-state index is 5.55. The minimum Gasteiger partial charge on any atom is -0.353 e. The summed E-state index contributed by atoms with van der Waals surface area (Å²) in [6, 6.07) is 8.02. The lowest BCUT2D eigenvalue weighted by atomic mass is 10.2. The highest BCUT2D eigenvalue weighted by molar-refractivity contribution is 5.60. The van der Waals surface area contributed by atoms with Gasteiger partial charge in [0.05, 0.1) is 17.6 Å². The SMILES string of the molecule is Cc1ncc(Nc2ccc(CN)cc2)c(C)n1. The van der Waals surface area contributed by atoms with Crippen LogP contribution in [0.25, 0.3) is 0 Å². The highest BCUT2D eigenvalue weighted by atomic mass is 15.0. The first kappa shape index (κ1) is 11.5. The third-order valence-corrected chi connectivity index (χ3v) is 2.57. The van der Waals surface area contributed by atoms with Gasteiger partial charge in [0.15, 0.2) is 0 Å². The summed E-state index contributed by atoms with van der Waals surface area (Å²) in [4.78, 5) is 8.49. The summed E-state index contributed by atoms with van der Waals surface area (Å²) in [6.07, 6.45) is 1.80. The van der Waals surface area contributed by atoms with Gasteiger partial charge < -0.3 is 11.1 Å². The zero-order chi connectivity index (χ0) is 12.3. The van der Waals surface area contributed by atoms with Crippen LogP contribution in [-0.2, 0) is 6.54 Å². The molecule has 1 aromatic carbocycles. The maximum Gasteiger partial charge on any atom is 0.125 e. The van der Waals surface area contributed by atoms with Crippen LogP contribution in [-0.4, -0.2) is 9.97 Å². The topological polar surface area (TPSA) is 63.8 Å². The number of anilines is 2. The van der Waals surface area contributed by atoms with Crippen LogP contribution >= 0.6 is 0 Å². The molecule has 0 aliphatic rings. The van der Waals surface area contributed by atoms with Gasteiger partial charge in [0, 0.05) is 12.2 Å². The summed E-state index contributed by atoms with van der Waals surface area (Å²) in [5.41, 5.74) is 9.55. The van der Waals surface area contributed by atoms with E-state index in [1.165, 1.54) is 0 Å². The van der Waals surface area contributed by atoms with Crippen LogP contribution in [0.4, 0.5) is 11.4 Å². The fraction of sp³-hybridized carbons (Fsp3) is 0.231. The number of hydrogen-bond donors (Lipinski definition) is 2. The third kappa shape index (κ3) is 2.79. The minimum absolute atomic E-state index is 0.562. The number of aromatic nitrogens is 2. The Kier molecular flexibility index (Phi) is 3.35. The zero-order valence-corrected chi connectivity index (χ0v) is 10.1. The van der Waals surface area contributed by atoms with Crippen molar-refractivity contribution >= 4 is 11.4 Å². The number of rotatable bonds is 3. The molecule has 4 nitrogen and oxygen atoms in total. The van der Waals surface area contributed by atoms with Crippen molar-refractivity contribution in [1.29, 1.82) is 0 Å². The first-order valence-electron chi connectivity index (χ1n) is 5.55. The van der Waals surface area contributed by atoms with E-state index in [-0.39, 0.29) is 0 Å². The molecule has 0 aliphatic heterocycles. The van der Waals surface area contributed by atoms with E-state index in [0.29, 0.717) is 6.54 Å². The molecule has 1 heterocycles. The van der Waals surface area contributed by atoms with Gasteiger partial charge in [0.1, 0.15) is 5.82 Å². The Morgan fingerprint density at radius 3 is 2.47 bits per heavy atom. The van der Waals surface area contributed by atoms with E-state index in [4.69, 9.17) is 5.73 Å². The molecule has 0 fully saturated rings. The van der Waals surface area contributed by atoms with Gasteiger partial charge in [-0.25, -0.2) is 9.97 Å². The average molecular weight is 228 g/mol. The van der Waals surface area contributed by atoms with Gasteiger partial charge >= 0.3 is 0 Å². The first-order valence-corrected chi connectivity index (χ1v) is 5.55. The molecule has 0 saturated carbocycles. The molecule has 4 heteroatoms.